The molecule has 3 aromatic heterocycles. The van der Waals surface area contributed by atoms with E-state index in [2.05, 4.69) is 34.8 Å². The molecular weight excluding hydrogens is 278 g/mol. The number of hydrogen-bond donors (Lipinski definition) is 1. The number of aromatic nitrogens is 2. The Morgan fingerprint density at radius 3 is 2.89 bits per heavy atom. The van der Waals surface area contributed by atoms with Crippen LogP contribution < -0.4 is 5.32 Å². The van der Waals surface area contributed by atoms with Crippen LogP contribution in [0.2, 0.25) is 0 Å². The Kier molecular flexibility index (Phi) is 3.12. The molecule has 3 aromatic rings. The smallest absolute Gasteiger partial charge is 0.274 e. The van der Waals surface area contributed by atoms with Gasteiger partial charge >= 0.3 is 0 Å². The lowest BCUT2D eigenvalue weighted by molar-refractivity contribution is 0.101. The van der Waals surface area contributed by atoms with Crippen molar-refractivity contribution in [2.24, 2.45) is 0 Å². The summed E-state index contributed by atoms with van der Waals surface area (Å²) in [6, 6.07) is 4.24. The minimum absolute atomic E-state index is 0.105. The van der Waals surface area contributed by atoms with Crippen LogP contribution in [0.1, 0.15) is 30.4 Å². The minimum Gasteiger partial charge on any atom is -0.333 e. The number of amides is 1. The van der Waals surface area contributed by atoms with Crippen molar-refractivity contribution >= 4 is 43.9 Å². The average Bonchev–Trinajstić information content (AvgIpc) is 3.02. The Balaban J connectivity index is 2.01. The summed E-state index contributed by atoms with van der Waals surface area (Å²) in [7, 11) is 0. The highest BCUT2D eigenvalue weighted by atomic mass is 32.1. The predicted molar refractivity (Wildman–Crippen MR) is 80.3 cm³/mol. The molecule has 0 saturated heterocycles. The molecule has 3 heterocycles. The molecule has 19 heavy (non-hydrogen) atoms. The van der Waals surface area contributed by atoms with E-state index in [4.69, 9.17) is 0 Å². The summed E-state index contributed by atoms with van der Waals surface area (Å²) in [6.07, 6.45) is 1.68. The lowest BCUT2D eigenvalue weighted by Gasteiger charge is -2.13. The van der Waals surface area contributed by atoms with Gasteiger partial charge in [-0.2, -0.15) is 0 Å². The molecule has 0 atom stereocenters. The second kappa shape index (κ2) is 4.79. The highest BCUT2D eigenvalue weighted by Crippen LogP contribution is 2.29. The van der Waals surface area contributed by atoms with Gasteiger partial charge in [0.2, 0.25) is 0 Å². The third-order valence-electron chi connectivity index (χ3n) is 2.86. The SMILES string of the molecule is CC(C)n1c(C(=O)Nc2nccs2)cc2sccc21. The van der Waals surface area contributed by atoms with Gasteiger partial charge in [0.25, 0.3) is 5.91 Å². The van der Waals surface area contributed by atoms with Crippen molar-refractivity contribution in [3.8, 4) is 0 Å². The van der Waals surface area contributed by atoms with Crippen molar-refractivity contribution in [2.45, 2.75) is 19.9 Å². The maximum Gasteiger partial charge on any atom is 0.274 e. The normalized spacial score (nSPS) is 11.3. The Morgan fingerprint density at radius 1 is 1.37 bits per heavy atom. The first-order chi connectivity index (χ1) is 9.16. The molecule has 0 radical (unpaired) electrons. The average molecular weight is 291 g/mol. The molecule has 0 bridgehead atoms. The van der Waals surface area contributed by atoms with Crippen LogP contribution in [-0.2, 0) is 0 Å². The number of nitrogens with zero attached hydrogens (tertiary/aromatic N) is 2. The lowest BCUT2D eigenvalue weighted by Crippen LogP contribution is -2.17. The van der Waals surface area contributed by atoms with Gasteiger partial charge in [-0.15, -0.1) is 22.7 Å². The van der Waals surface area contributed by atoms with E-state index in [0.717, 1.165) is 10.2 Å². The van der Waals surface area contributed by atoms with Gasteiger partial charge in [0.15, 0.2) is 5.13 Å². The van der Waals surface area contributed by atoms with Gasteiger partial charge < -0.3 is 4.57 Å². The van der Waals surface area contributed by atoms with Gasteiger partial charge in [-0.1, -0.05) is 0 Å². The molecule has 0 aliphatic carbocycles. The van der Waals surface area contributed by atoms with Gasteiger partial charge in [0.1, 0.15) is 5.69 Å². The van der Waals surface area contributed by atoms with E-state index in [1.807, 2.05) is 16.8 Å². The predicted octanol–water partition coefficient (Wildman–Crippen LogP) is 3.99. The zero-order valence-electron chi connectivity index (χ0n) is 10.6. The van der Waals surface area contributed by atoms with Gasteiger partial charge in [0.05, 0.1) is 10.2 Å². The number of thiophene rings is 1. The third kappa shape index (κ3) is 2.17. The van der Waals surface area contributed by atoms with Crippen molar-refractivity contribution < 1.29 is 4.79 Å². The van der Waals surface area contributed by atoms with E-state index in [9.17, 15) is 4.79 Å². The molecule has 0 saturated carbocycles. The molecule has 4 nitrogen and oxygen atoms in total. The Bertz CT molecular complexity index is 709. The van der Waals surface area contributed by atoms with Crippen LogP contribution >= 0.6 is 22.7 Å². The highest BCUT2D eigenvalue weighted by molar-refractivity contribution is 7.17. The van der Waals surface area contributed by atoms with E-state index in [1.54, 1.807) is 17.5 Å². The van der Waals surface area contributed by atoms with Crippen LogP contribution in [0.25, 0.3) is 10.2 Å². The maximum atomic E-state index is 12.3. The van der Waals surface area contributed by atoms with Crippen LogP contribution in [0.3, 0.4) is 0 Å². The molecule has 0 unspecified atom stereocenters. The first-order valence-corrected chi connectivity index (χ1v) is 7.72. The number of carbonyl (C=O) groups excluding carboxylic acids is 1. The van der Waals surface area contributed by atoms with Crippen molar-refractivity contribution in [3.63, 3.8) is 0 Å². The molecule has 0 aliphatic rings. The lowest BCUT2D eigenvalue weighted by atomic mass is 10.3. The fourth-order valence-electron chi connectivity index (χ4n) is 2.12. The van der Waals surface area contributed by atoms with E-state index < -0.39 is 0 Å². The first kappa shape index (κ1) is 12.4. The summed E-state index contributed by atoms with van der Waals surface area (Å²) >= 11 is 3.07. The summed E-state index contributed by atoms with van der Waals surface area (Å²) in [5.74, 6) is -0.105. The molecule has 1 N–H and O–H groups in total. The molecule has 0 spiro atoms. The quantitative estimate of drug-likeness (QED) is 0.793. The Morgan fingerprint density at radius 2 is 2.21 bits per heavy atom. The molecule has 0 aliphatic heterocycles. The minimum atomic E-state index is -0.105. The maximum absolute atomic E-state index is 12.3. The van der Waals surface area contributed by atoms with Gasteiger partial charge in [0, 0.05) is 17.6 Å². The summed E-state index contributed by atoms with van der Waals surface area (Å²) in [5, 5.41) is 7.36. The first-order valence-electron chi connectivity index (χ1n) is 5.96. The second-order valence-corrected chi connectivity index (χ2v) is 6.30. The van der Waals surface area contributed by atoms with Crippen LogP contribution in [0.5, 0.6) is 0 Å². The molecule has 6 heteroatoms. The van der Waals surface area contributed by atoms with Gasteiger partial charge in [-0.05, 0) is 31.4 Å². The molecule has 3 rings (SSSR count). The van der Waals surface area contributed by atoms with Crippen molar-refractivity contribution in [2.75, 3.05) is 5.32 Å². The number of hydrogen-bond acceptors (Lipinski definition) is 4. The van der Waals surface area contributed by atoms with Crippen molar-refractivity contribution in [3.05, 3.63) is 34.8 Å². The molecule has 1 amide bonds. The van der Waals surface area contributed by atoms with E-state index in [0.29, 0.717) is 10.8 Å². The fraction of sp³-hybridized carbons (Fsp3) is 0.231. The van der Waals surface area contributed by atoms with E-state index in [-0.39, 0.29) is 11.9 Å². The van der Waals surface area contributed by atoms with Crippen molar-refractivity contribution in [1.82, 2.24) is 9.55 Å². The molecule has 98 valence electrons. The monoisotopic (exact) mass is 291 g/mol. The largest absolute Gasteiger partial charge is 0.333 e. The Hall–Kier alpha value is -1.66. The zero-order valence-corrected chi connectivity index (χ0v) is 12.2. The van der Waals surface area contributed by atoms with Crippen LogP contribution in [0.4, 0.5) is 5.13 Å². The number of fused-ring (bicyclic) bond motifs is 1. The van der Waals surface area contributed by atoms with Gasteiger partial charge in [-0.25, -0.2) is 4.98 Å². The Labute approximate surface area is 118 Å². The van der Waals surface area contributed by atoms with Crippen molar-refractivity contribution in [1.29, 1.82) is 0 Å². The van der Waals surface area contributed by atoms with E-state index in [1.165, 1.54) is 11.3 Å². The molecular formula is C13H13N3OS2. The van der Waals surface area contributed by atoms with Crippen LogP contribution in [-0.4, -0.2) is 15.5 Å². The number of anilines is 1. The number of thiazole rings is 1. The topological polar surface area (TPSA) is 46.9 Å². The number of rotatable bonds is 3. The molecule has 0 aromatic carbocycles. The third-order valence-corrected chi connectivity index (χ3v) is 4.40. The fourth-order valence-corrected chi connectivity index (χ4v) is 3.46. The standard InChI is InChI=1S/C13H13N3OS2/c1-8(2)16-9-3-5-18-11(9)7-10(16)12(17)15-13-14-4-6-19-13/h3-8H,1-2H3,(H,14,15,17). The highest BCUT2D eigenvalue weighted by Gasteiger charge is 2.18. The van der Waals surface area contributed by atoms with E-state index >= 15 is 0 Å². The summed E-state index contributed by atoms with van der Waals surface area (Å²) in [4.78, 5) is 16.4. The van der Waals surface area contributed by atoms with Gasteiger partial charge in [-0.3, -0.25) is 10.1 Å². The summed E-state index contributed by atoms with van der Waals surface area (Å²) < 4.78 is 3.20. The second-order valence-electron chi connectivity index (χ2n) is 4.45. The zero-order chi connectivity index (χ0) is 13.4. The molecule has 0 fully saturated rings. The summed E-state index contributed by atoms with van der Waals surface area (Å²) in [6.45, 7) is 4.16. The summed E-state index contributed by atoms with van der Waals surface area (Å²) in [5.41, 5.74) is 1.80. The van der Waals surface area contributed by atoms with Crippen LogP contribution in [0.15, 0.2) is 29.1 Å². The number of carbonyl (C=O) groups is 1. The van der Waals surface area contributed by atoms with Crippen LogP contribution in [0, 0.1) is 0 Å². The number of nitrogens with one attached hydrogen (secondary N) is 1.